The van der Waals surface area contributed by atoms with Crippen molar-refractivity contribution in [2.45, 2.75) is 0 Å². The number of hydrogen-bond donors (Lipinski definition) is 1. The standard InChI is InChI=1S/C8H8O3S.Na.H2O.H/c9-12(10,11)7-6-8-4-2-1-3-5-8;;;/h1-7H,(H,9,10,11);;1H2;. The van der Waals surface area contributed by atoms with Gasteiger partial charge >= 0.3 is 29.6 Å². The van der Waals surface area contributed by atoms with E-state index in [1.165, 1.54) is 6.08 Å². The monoisotopic (exact) mass is 226 g/mol. The molecule has 1 aromatic carbocycles. The summed E-state index contributed by atoms with van der Waals surface area (Å²) >= 11 is 0. The minimum absolute atomic E-state index is 0. The Morgan fingerprint density at radius 2 is 1.64 bits per heavy atom. The Hall–Kier alpha value is -0.170. The van der Waals surface area contributed by atoms with Gasteiger partial charge in [-0.15, -0.1) is 0 Å². The van der Waals surface area contributed by atoms with Gasteiger partial charge in [-0.25, -0.2) is 0 Å². The molecule has 0 heterocycles. The van der Waals surface area contributed by atoms with Crippen LogP contribution in [0.15, 0.2) is 35.7 Å². The number of rotatable bonds is 2. The molecular formula is C8H11NaO4S. The summed E-state index contributed by atoms with van der Waals surface area (Å²) in [6.07, 6.45) is 1.33. The van der Waals surface area contributed by atoms with E-state index in [1.807, 2.05) is 6.07 Å². The molecule has 1 aromatic rings. The molecule has 0 bridgehead atoms. The summed E-state index contributed by atoms with van der Waals surface area (Å²) in [5.41, 5.74) is 0.732. The Morgan fingerprint density at radius 1 is 1.14 bits per heavy atom. The Kier molecular flexibility index (Phi) is 8.33. The van der Waals surface area contributed by atoms with Crippen LogP contribution in [0.2, 0.25) is 0 Å². The predicted octanol–water partition coefficient (Wildman–Crippen LogP) is 0.0719. The Labute approximate surface area is 105 Å². The van der Waals surface area contributed by atoms with Crippen LogP contribution in [0.1, 0.15) is 5.56 Å². The fourth-order valence-electron chi connectivity index (χ4n) is 0.729. The predicted molar refractivity (Wildman–Crippen MR) is 57.8 cm³/mol. The van der Waals surface area contributed by atoms with Crippen LogP contribution in [0.25, 0.3) is 6.08 Å². The van der Waals surface area contributed by atoms with E-state index in [0.29, 0.717) is 0 Å². The van der Waals surface area contributed by atoms with E-state index >= 15 is 0 Å². The molecule has 14 heavy (non-hydrogen) atoms. The van der Waals surface area contributed by atoms with Gasteiger partial charge in [-0.1, -0.05) is 30.3 Å². The molecule has 74 valence electrons. The van der Waals surface area contributed by atoms with Crippen LogP contribution in [0.5, 0.6) is 0 Å². The zero-order valence-electron chi connectivity index (χ0n) is 6.71. The fourth-order valence-corrected chi connectivity index (χ4v) is 1.06. The average molecular weight is 226 g/mol. The zero-order chi connectivity index (χ0) is 9.03. The Morgan fingerprint density at radius 3 is 2.07 bits per heavy atom. The first-order valence-corrected chi connectivity index (χ1v) is 4.79. The first-order valence-electron chi connectivity index (χ1n) is 3.28. The molecule has 0 aliphatic carbocycles. The van der Waals surface area contributed by atoms with Crippen LogP contribution < -0.4 is 0 Å². The van der Waals surface area contributed by atoms with Gasteiger partial charge in [0.05, 0.1) is 5.41 Å². The fraction of sp³-hybridized carbons (Fsp3) is 0. The van der Waals surface area contributed by atoms with Crippen molar-refractivity contribution in [1.29, 1.82) is 0 Å². The van der Waals surface area contributed by atoms with Gasteiger partial charge in [-0.3, -0.25) is 4.55 Å². The second-order valence-electron chi connectivity index (χ2n) is 2.23. The van der Waals surface area contributed by atoms with Gasteiger partial charge in [0, 0.05) is 0 Å². The second-order valence-corrected chi connectivity index (χ2v) is 3.53. The molecule has 0 atom stereocenters. The molecule has 4 nitrogen and oxygen atoms in total. The van der Waals surface area contributed by atoms with E-state index in [2.05, 4.69) is 0 Å². The molecule has 0 fully saturated rings. The molecule has 0 radical (unpaired) electrons. The maximum atomic E-state index is 10.3. The van der Waals surface area contributed by atoms with Crippen LogP contribution in [-0.2, 0) is 10.1 Å². The van der Waals surface area contributed by atoms with E-state index in [9.17, 15) is 8.42 Å². The Bertz CT molecular complexity index is 372. The summed E-state index contributed by atoms with van der Waals surface area (Å²) in [6.45, 7) is 0. The normalized spacial score (nSPS) is 10.4. The van der Waals surface area contributed by atoms with Gasteiger partial charge < -0.3 is 5.48 Å². The van der Waals surface area contributed by atoms with E-state index in [0.717, 1.165) is 11.0 Å². The molecule has 0 aliphatic heterocycles. The SMILES string of the molecule is O.O=S(=O)(O)C=Cc1ccccc1.[NaH]. The average Bonchev–Trinajstić information content (AvgIpc) is 2.02. The third-order valence-electron chi connectivity index (χ3n) is 1.23. The van der Waals surface area contributed by atoms with Crippen molar-refractivity contribution < 1.29 is 18.4 Å². The third-order valence-corrected chi connectivity index (χ3v) is 1.71. The zero-order valence-corrected chi connectivity index (χ0v) is 7.53. The summed E-state index contributed by atoms with van der Waals surface area (Å²) in [5.74, 6) is 0. The minimum atomic E-state index is -4.00. The van der Waals surface area contributed by atoms with Crippen LogP contribution in [0, 0.1) is 0 Å². The van der Waals surface area contributed by atoms with Gasteiger partial charge in [0.25, 0.3) is 10.1 Å². The van der Waals surface area contributed by atoms with Crippen molar-refractivity contribution in [3.05, 3.63) is 41.3 Å². The summed E-state index contributed by atoms with van der Waals surface area (Å²) < 4.78 is 28.9. The molecule has 0 saturated carbocycles. The Balaban J connectivity index is 0. The molecular weight excluding hydrogens is 215 g/mol. The maximum absolute atomic E-state index is 10.3. The molecule has 1 rings (SSSR count). The third kappa shape index (κ3) is 7.25. The van der Waals surface area contributed by atoms with Gasteiger partial charge in [0.1, 0.15) is 0 Å². The quantitative estimate of drug-likeness (QED) is 0.572. The van der Waals surface area contributed by atoms with Crippen LogP contribution in [0.3, 0.4) is 0 Å². The van der Waals surface area contributed by atoms with Crippen molar-refractivity contribution in [3.8, 4) is 0 Å². The second kappa shape index (κ2) is 7.17. The molecule has 3 N–H and O–H groups in total. The van der Waals surface area contributed by atoms with Crippen molar-refractivity contribution >= 4 is 45.8 Å². The topological polar surface area (TPSA) is 85.9 Å². The van der Waals surface area contributed by atoms with E-state index < -0.39 is 10.1 Å². The summed E-state index contributed by atoms with van der Waals surface area (Å²) in [5, 5.41) is 0.752. The van der Waals surface area contributed by atoms with Crippen LogP contribution >= 0.6 is 0 Å². The molecule has 0 amide bonds. The summed E-state index contributed by atoms with van der Waals surface area (Å²) in [7, 11) is -4.00. The number of benzene rings is 1. The van der Waals surface area contributed by atoms with Crippen molar-refractivity contribution in [2.24, 2.45) is 0 Å². The van der Waals surface area contributed by atoms with Gasteiger partial charge in [0.15, 0.2) is 0 Å². The van der Waals surface area contributed by atoms with E-state index in [-0.39, 0.29) is 35.0 Å². The van der Waals surface area contributed by atoms with Gasteiger partial charge in [-0.2, -0.15) is 8.42 Å². The van der Waals surface area contributed by atoms with Gasteiger partial charge in [0.2, 0.25) is 0 Å². The van der Waals surface area contributed by atoms with Crippen molar-refractivity contribution in [1.82, 2.24) is 0 Å². The number of hydrogen-bond acceptors (Lipinski definition) is 2. The summed E-state index contributed by atoms with van der Waals surface area (Å²) in [6, 6.07) is 8.86. The first kappa shape index (κ1) is 16.3. The van der Waals surface area contributed by atoms with Gasteiger partial charge in [-0.05, 0) is 11.6 Å². The first-order chi connectivity index (χ1) is 5.58. The van der Waals surface area contributed by atoms with Crippen LogP contribution in [-0.4, -0.2) is 48.0 Å². The molecule has 6 heteroatoms. The molecule has 0 aliphatic rings. The molecule has 0 spiro atoms. The summed E-state index contributed by atoms with van der Waals surface area (Å²) in [4.78, 5) is 0. The molecule has 0 aromatic heterocycles. The van der Waals surface area contributed by atoms with Crippen molar-refractivity contribution in [2.75, 3.05) is 0 Å². The van der Waals surface area contributed by atoms with E-state index in [1.54, 1.807) is 24.3 Å². The molecule has 0 unspecified atom stereocenters. The van der Waals surface area contributed by atoms with Crippen LogP contribution in [0.4, 0.5) is 0 Å². The van der Waals surface area contributed by atoms with Crippen molar-refractivity contribution in [3.63, 3.8) is 0 Å². The molecule has 0 saturated heterocycles. The van der Waals surface area contributed by atoms with E-state index in [4.69, 9.17) is 4.55 Å².